The van der Waals surface area contributed by atoms with Gasteiger partial charge >= 0.3 is 279 Å². The van der Waals surface area contributed by atoms with Gasteiger partial charge in [-0.1, -0.05) is 0 Å². The molecule has 6 aromatic rings. The third kappa shape index (κ3) is 4.71. The van der Waals surface area contributed by atoms with Crippen LogP contribution in [0.1, 0.15) is 43.0 Å². The first-order chi connectivity index (χ1) is 23.2. The number of rotatable bonds is 6. The van der Waals surface area contributed by atoms with E-state index in [2.05, 4.69) is 12.1 Å². The molecule has 0 unspecified atom stereocenters. The molecule has 0 amide bonds. The maximum absolute atomic E-state index is 14.3. The Balaban J connectivity index is 1.44. The van der Waals surface area contributed by atoms with Crippen molar-refractivity contribution in [2.75, 3.05) is 0 Å². The van der Waals surface area contributed by atoms with Crippen molar-refractivity contribution in [1.82, 2.24) is 0 Å². The molecule has 2 aliphatic carbocycles. The van der Waals surface area contributed by atoms with Gasteiger partial charge in [-0.15, -0.1) is 0 Å². The summed E-state index contributed by atoms with van der Waals surface area (Å²) in [6, 6.07) is 37.6. The van der Waals surface area contributed by atoms with Crippen LogP contribution in [-0.4, -0.2) is 16.8 Å². The number of carbonyl (C=O) groups is 2. The third-order valence-electron chi connectivity index (χ3n) is 9.57. The van der Waals surface area contributed by atoms with Crippen LogP contribution in [0.3, 0.4) is 0 Å². The molecule has 4 nitrogen and oxygen atoms in total. The summed E-state index contributed by atoms with van der Waals surface area (Å²) in [5, 5.41) is 0. The molecule has 0 saturated carbocycles. The Morgan fingerprint density at radius 3 is 1.29 bits per heavy atom. The van der Waals surface area contributed by atoms with Gasteiger partial charge in [0.2, 0.25) is 0 Å². The summed E-state index contributed by atoms with van der Waals surface area (Å²) in [4.78, 5) is 33.5. The SMILES string of the molecule is [CH2]=[Ti]([O]C(=O)c1ccc(F)cc1)([O]C(=O)c1ccc(F)cc1)([c]1cccc2c1Cc1ccccc1-2)[c]1cccc2c1Cc1ccccc1-2. The van der Waals surface area contributed by atoms with Gasteiger partial charge in [-0.05, 0) is 0 Å². The average Bonchev–Trinajstić information content (AvgIpc) is 3.67. The van der Waals surface area contributed by atoms with Crippen molar-refractivity contribution in [1.29, 1.82) is 0 Å². The summed E-state index contributed by atoms with van der Waals surface area (Å²) >= 11 is -6.19. The molecule has 0 heterocycles. The summed E-state index contributed by atoms with van der Waals surface area (Å²) in [5.41, 5.74) is 8.01. The molecule has 6 aromatic carbocycles. The molecule has 8 rings (SSSR count). The van der Waals surface area contributed by atoms with Crippen LogP contribution in [0.5, 0.6) is 0 Å². The van der Waals surface area contributed by atoms with Gasteiger partial charge in [-0.25, -0.2) is 0 Å². The van der Waals surface area contributed by atoms with Crippen molar-refractivity contribution < 1.29 is 40.6 Å². The molecule has 0 N–H and O–H groups in total. The minimum absolute atomic E-state index is 0.0834. The van der Waals surface area contributed by atoms with E-state index in [9.17, 15) is 18.4 Å². The van der Waals surface area contributed by atoms with Crippen molar-refractivity contribution in [3.63, 3.8) is 0 Å². The second-order valence-electron chi connectivity index (χ2n) is 12.4. The van der Waals surface area contributed by atoms with Gasteiger partial charge in [0.25, 0.3) is 0 Å². The van der Waals surface area contributed by atoms with Gasteiger partial charge in [-0.2, -0.15) is 0 Å². The van der Waals surface area contributed by atoms with Crippen molar-refractivity contribution in [2.45, 2.75) is 12.8 Å². The Morgan fingerprint density at radius 1 is 0.500 bits per heavy atom. The van der Waals surface area contributed by atoms with E-state index >= 15 is 0 Å². The zero-order chi connectivity index (χ0) is 33.1. The van der Waals surface area contributed by atoms with E-state index in [0.29, 0.717) is 20.6 Å². The molecule has 2 aliphatic rings. The van der Waals surface area contributed by atoms with E-state index in [4.69, 9.17) is 11.5 Å². The average molecular weight is 671 g/mol. The Hall–Kier alpha value is -5.30. The zero-order valence-corrected chi connectivity index (χ0v) is 27.3. The van der Waals surface area contributed by atoms with Crippen LogP contribution < -0.4 is 7.74 Å². The fraction of sp³-hybridized carbons (Fsp3) is 0.0488. The van der Waals surface area contributed by atoms with E-state index in [1.807, 2.05) is 72.8 Å². The Labute approximate surface area is 277 Å². The van der Waals surface area contributed by atoms with Crippen LogP contribution in [0.15, 0.2) is 133 Å². The van der Waals surface area contributed by atoms with Crippen LogP contribution in [0, 0.1) is 11.6 Å². The first kappa shape index (κ1) is 30.1. The molecule has 0 aromatic heterocycles. The molecule has 234 valence electrons. The van der Waals surface area contributed by atoms with E-state index in [-0.39, 0.29) is 11.1 Å². The predicted octanol–water partition coefficient (Wildman–Crippen LogP) is 7.72. The number of hydrogen-bond donors (Lipinski definition) is 0. The molecule has 7 heteroatoms. The summed E-state index contributed by atoms with van der Waals surface area (Å²) in [6.45, 7) is 0. The summed E-state index contributed by atoms with van der Waals surface area (Å²) in [7, 11) is 0. The molecular formula is C41H28F2O4Ti. The van der Waals surface area contributed by atoms with E-state index in [1.165, 1.54) is 48.5 Å². The van der Waals surface area contributed by atoms with Crippen LogP contribution in [-0.2, 0) is 35.1 Å². The van der Waals surface area contributed by atoms with Crippen LogP contribution >= 0.6 is 0 Å². The van der Waals surface area contributed by atoms with E-state index < -0.39 is 39.2 Å². The molecule has 0 radical (unpaired) electrons. The summed E-state index contributed by atoms with van der Waals surface area (Å²) < 4.78 is 42.7. The van der Waals surface area contributed by atoms with Crippen LogP contribution in [0.4, 0.5) is 8.78 Å². The number of benzene rings is 6. The number of fused-ring (bicyclic) bond motifs is 6. The zero-order valence-electron chi connectivity index (χ0n) is 25.7. The fourth-order valence-electron chi connectivity index (χ4n) is 7.33. The van der Waals surface area contributed by atoms with Crippen molar-refractivity contribution in [3.05, 3.63) is 178 Å². The maximum atomic E-state index is 14.3. The van der Waals surface area contributed by atoms with Crippen molar-refractivity contribution in [2.24, 2.45) is 0 Å². The molecule has 48 heavy (non-hydrogen) atoms. The molecule has 0 atom stereocenters. The van der Waals surface area contributed by atoms with Gasteiger partial charge in [0.05, 0.1) is 0 Å². The van der Waals surface area contributed by atoms with E-state index in [0.717, 1.165) is 44.5 Å². The van der Waals surface area contributed by atoms with Gasteiger partial charge in [0.15, 0.2) is 0 Å². The van der Waals surface area contributed by atoms with Gasteiger partial charge in [-0.3, -0.25) is 0 Å². The number of hydrogen-bond acceptors (Lipinski definition) is 4. The standard InChI is InChI=1S/2C13H9.2C7H5FO2.CH2.Ti/c2*1-3-7-12-10(5-1)9-11-6-2-4-8-13(11)12;2*8-6-3-1-5(2-4-6)7(9)10;;/h2*1-5,7-8H,9H2;2*1-4H,(H,9,10);1H2;/q;;;;;+2/p-2. The van der Waals surface area contributed by atoms with Gasteiger partial charge < -0.3 is 0 Å². The molecule has 0 saturated heterocycles. The molecule has 0 bridgehead atoms. The van der Waals surface area contributed by atoms with E-state index in [1.54, 1.807) is 0 Å². The molecular weight excluding hydrogens is 642 g/mol. The summed E-state index contributed by atoms with van der Waals surface area (Å²) in [6.07, 6.45) is 1.02. The van der Waals surface area contributed by atoms with Crippen LogP contribution in [0.25, 0.3) is 22.3 Å². The number of carbonyl (C=O) groups excluding carboxylic acids is 2. The quantitative estimate of drug-likeness (QED) is 0.170. The Bertz CT molecular complexity index is 2190. The Morgan fingerprint density at radius 2 is 0.875 bits per heavy atom. The second-order valence-corrected chi connectivity index (χ2v) is 18.6. The van der Waals surface area contributed by atoms with Gasteiger partial charge in [0, 0.05) is 0 Å². The Kier molecular flexibility index (Phi) is 6.99. The number of halogens is 2. The second kappa shape index (κ2) is 11.2. The minimum atomic E-state index is -6.19. The first-order valence-electron chi connectivity index (χ1n) is 15.7. The fourth-order valence-corrected chi connectivity index (χ4v) is 14.1. The van der Waals surface area contributed by atoms with Crippen LogP contribution in [0.2, 0.25) is 0 Å². The van der Waals surface area contributed by atoms with Crippen molar-refractivity contribution >= 4 is 24.5 Å². The first-order valence-corrected chi connectivity index (χ1v) is 19.6. The third-order valence-corrected chi connectivity index (χ3v) is 16.4. The predicted molar refractivity (Wildman–Crippen MR) is 179 cm³/mol. The molecule has 0 aliphatic heterocycles. The van der Waals surface area contributed by atoms with Crippen molar-refractivity contribution in [3.8, 4) is 22.3 Å². The molecule has 0 fully saturated rings. The summed E-state index contributed by atoms with van der Waals surface area (Å²) in [5.74, 6) is -2.61. The normalized spacial score (nSPS) is 12.8. The topological polar surface area (TPSA) is 52.6 Å². The van der Waals surface area contributed by atoms with Gasteiger partial charge in [0.1, 0.15) is 0 Å². The molecule has 0 spiro atoms. The monoisotopic (exact) mass is 670 g/mol.